The Labute approximate surface area is 140 Å². The third-order valence-electron chi connectivity index (χ3n) is 4.34. The summed E-state index contributed by atoms with van der Waals surface area (Å²) < 4.78 is 5.71. The molecule has 0 bridgehead atoms. The monoisotopic (exact) mass is 314 g/mol. The first-order valence-electron chi connectivity index (χ1n) is 10.1. The van der Waals surface area contributed by atoms with E-state index in [2.05, 4.69) is 6.92 Å². The molecule has 0 spiro atoms. The van der Waals surface area contributed by atoms with Gasteiger partial charge in [0.05, 0.1) is 0 Å². The van der Waals surface area contributed by atoms with Crippen LogP contribution in [0, 0.1) is 0 Å². The van der Waals surface area contributed by atoms with Gasteiger partial charge in [-0.2, -0.15) is 0 Å². The van der Waals surface area contributed by atoms with Gasteiger partial charge in [-0.25, -0.2) is 0 Å². The number of ether oxygens (including phenoxy) is 1. The fourth-order valence-corrected chi connectivity index (χ4v) is 2.82. The Morgan fingerprint density at radius 1 is 0.500 bits per heavy atom. The highest BCUT2D eigenvalue weighted by molar-refractivity contribution is 4.48. The van der Waals surface area contributed by atoms with Gasteiger partial charge in [-0.1, -0.05) is 90.4 Å². The molecule has 2 nitrogen and oxygen atoms in total. The van der Waals surface area contributed by atoms with Gasteiger partial charge in [-0.15, -0.1) is 0 Å². The normalized spacial score (nSPS) is 11.2. The number of hydrogen-bond donors (Lipinski definition) is 1. The summed E-state index contributed by atoms with van der Waals surface area (Å²) in [6.07, 6.45) is 21.0. The maximum atomic E-state index is 8.69. The molecule has 0 aliphatic heterocycles. The van der Waals surface area contributed by atoms with Crippen LogP contribution >= 0.6 is 0 Å². The van der Waals surface area contributed by atoms with Crippen LogP contribution in [0.25, 0.3) is 0 Å². The predicted molar refractivity (Wildman–Crippen MR) is 97.5 cm³/mol. The van der Waals surface area contributed by atoms with Crippen molar-refractivity contribution in [2.75, 3.05) is 19.8 Å². The number of aliphatic hydroxyl groups excluding tert-OH is 1. The van der Waals surface area contributed by atoms with E-state index in [1.54, 1.807) is 0 Å². The zero-order valence-corrected chi connectivity index (χ0v) is 15.3. The van der Waals surface area contributed by atoms with Gasteiger partial charge in [-0.3, -0.25) is 0 Å². The zero-order chi connectivity index (χ0) is 16.1. The fraction of sp³-hybridized carbons (Fsp3) is 1.00. The minimum absolute atomic E-state index is 0.357. The Bertz CT molecular complexity index is 163. The van der Waals surface area contributed by atoms with Gasteiger partial charge in [0, 0.05) is 19.8 Å². The van der Waals surface area contributed by atoms with Crippen molar-refractivity contribution in [2.24, 2.45) is 0 Å². The summed E-state index contributed by atoms with van der Waals surface area (Å²) in [6.45, 7) is 4.56. The van der Waals surface area contributed by atoms with Gasteiger partial charge in [-0.05, 0) is 19.3 Å². The SMILES string of the molecule is CCCCCCCCCCOCCCCCCCCCCO. The molecule has 0 heterocycles. The Kier molecular flexibility index (Phi) is 20.8. The maximum absolute atomic E-state index is 8.69. The molecule has 134 valence electrons. The van der Waals surface area contributed by atoms with E-state index in [-0.39, 0.29) is 0 Å². The molecule has 0 radical (unpaired) electrons. The molecule has 0 aliphatic rings. The van der Waals surface area contributed by atoms with Crippen LogP contribution in [-0.4, -0.2) is 24.9 Å². The maximum Gasteiger partial charge on any atom is 0.0466 e. The lowest BCUT2D eigenvalue weighted by atomic mass is 10.1. The van der Waals surface area contributed by atoms with Gasteiger partial charge in [0.1, 0.15) is 0 Å². The Hall–Kier alpha value is -0.0800. The average molecular weight is 315 g/mol. The Morgan fingerprint density at radius 3 is 1.27 bits per heavy atom. The topological polar surface area (TPSA) is 29.5 Å². The van der Waals surface area contributed by atoms with Crippen LogP contribution in [0.3, 0.4) is 0 Å². The van der Waals surface area contributed by atoms with E-state index < -0.39 is 0 Å². The van der Waals surface area contributed by atoms with Crippen molar-refractivity contribution in [3.8, 4) is 0 Å². The molecule has 0 fully saturated rings. The summed E-state index contributed by atoms with van der Waals surface area (Å²) in [5.74, 6) is 0. The first-order chi connectivity index (χ1) is 10.9. The van der Waals surface area contributed by atoms with Crippen molar-refractivity contribution in [1.82, 2.24) is 0 Å². The van der Waals surface area contributed by atoms with Crippen LogP contribution in [-0.2, 0) is 4.74 Å². The van der Waals surface area contributed by atoms with Crippen LogP contribution in [0.4, 0.5) is 0 Å². The van der Waals surface area contributed by atoms with Crippen LogP contribution in [0.5, 0.6) is 0 Å². The first kappa shape index (κ1) is 21.9. The lowest BCUT2D eigenvalue weighted by Crippen LogP contribution is -1.97. The van der Waals surface area contributed by atoms with E-state index in [1.807, 2.05) is 0 Å². The third kappa shape index (κ3) is 19.9. The molecular formula is C20H42O2. The fourth-order valence-electron chi connectivity index (χ4n) is 2.82. The average Bonchev–Trinajstić information content (AvgIpc) is 2.54. The zero-order valence-electron chi connectivity index (χ0n) is 15.3. The van der Waals surface area contributed by atoms with Gasteiger partial charge < -0.3 is 9.84 Å². The summed E-state index contributed by atoms with van der Waals surface area (Å²) in [5.41, 5.74) is 0. The van der Waals surface area contributed by atoms with Crippen molar-refractivity contribution in [3.05, 3.63) is 0 Å². The molecule has 2 heteroatoms. The molecular weight excluding hydrogens is 272 g/mol. The third-order valence-corrected chi connectivity index (χ3v) is 4.34. The summed E-state index contributed by atoms with van der Waals surface area (Å²) in [5, 5.41) is 8.69. The summed E-state index contributed by atoms with van der Waals surface area (Å²) >= 11 is 0. The summed E-state index contributed by atoms with van der Waals surface area (Å²) in [4.78, 5) is 0. The second-order valence-corrected chi connectivity index (χ2v) is 6.64. The second kappa shape index (κ2) is 20.9. The smallest absolute Gasteiger partial charge is 0.0466 e. The number of hydrogen-bond acceptors (Lipinski definition) is 2. The quantitative estimate of drug-likeness (QED) is 0.285. The lowest BCUT2D eigenvalue weighted by Gasteiger charge is -2.05. The van der Waals surface area contributed by atoms with Crippen molar-refractivity contribution < 1.29 is 9.84 Å². The molecule has 0 amide bonds. The van der Waals surface area contributed by atoms with Gasteiger partial charge >= 0.3 is 0 Å². The Morgan fingerprint density at radius 2 is 0.864 bits per heavy atom. The minimum atomic E-state index is 0.357. The summed E-state index contributed by atoms with van der Waals surface area (Å²) in [7, 11) is 0. The molecule has 0 aromatic rings. The van der Waals surface area contributed by atoms with E-state index >= 15 is 0 Å². The highest BCUT2D eigenvalue weighted by Crippen LogP contribution is 2.10. The molecule has 0 rings (SSSR count). The van der Waals surface area contributed by atoms with Crippen molar-refractivity contribution >= 4 is 0 Å². The Balaban J connectivity index is 2.91. The number of rotatable bonds is 19. The van der Waals surface area contributed by atoms with Gasteiger partial charge in [0.15, 0.2) is 0 Å². The van der Waals surface area contributed by atoms with Crippen molar-refractivity contribution in [1.29, 1.82) is 0 Å². The molecule has 0 aliphatic carbocycles. The van der Waals surface area contributed by atoms with E-state index in [0.29, 0.717) is 6.61 Å². The van der Waals surface area contributed by atoms with Crippen molar-refractivity contribution in [2.45, 2.75) is 110 Å². The second-order valence-electron chi connectivity index (χ2n) is 6.64. The van der Waals surface area contributed by atoms with E-state index in [1.165, 1.54) is 96.3 Å². The highest BCUT2D eigenvalue weighted by atomic mass is 16.5. The van der Waals surface area contributed by atoms with Gasteiger partial charge in [0.25, 0.3) is 0 Å². The predicted octanol–water partition coefficient (Wildman–Crippen LogP) is 6.26. The lowest BCUT2D eigenvalue weighted by molar-refractivity contribution is 0.125. The first-order valence-corrected chi connectivity index (χ1v) is 10.1. The number of unbranched alkanes of at least 4 members (excludes halogenated alkanes) is 14. The van der Waals surface area contributed by atoms with Crippen LogP contribution < -0.4 is 0 Å². The molecule has 22 heavy (non-hydrogen) atoms. The molecule has 0 aromatic heterocycles. The molecule has 0 unspecified atom stereocenters. The van der Waals surface area contributed by atoms with Gasteiger partial charge in [0.2, 0.25) is 0 Å². The minimum Gasteiger partial charge on any atom is -0.396 e. The van der Waals surface area contributed by atoms with Crippen LogP contribution in [0.1, 0.15) is 110 Å². The van der Waals surface area contributed by atoms with E-state index in [9.17, 15) is 0 Å². The van der Waals surface area contributed by atoms with Crippen LogP contribution in [0.2, 0.25) is 0 Å². The van der Waals surface area contributed by atoms with E-state index in [4.69, 9.17) is 9.84 Å². The van der Waals surface area contributed by atoms with Crippen molar-refractivity contribution in [3.63, 3.8) is 0 Å². The molecule has 0 atom stereocenters. The van der Waals surface area contributed by atoms with Crippen LogP contribution in [0.15, 0.2) is 0 Å². The standard InChI is InChI=1S/C20H42O2/c1-2-3-4-5-6-10-13-16-19-22-20-17-14-11-8-7-9-12-15-18-21/h21H,2-20H2,1H3. The molecule has 0 saturated carbocycles. The highest BCUT2D eigenvalue weighted by Gasteiger charge is 1.94. The molecule has 0 aromatic carbocycles. The number of aliphatic hydroxyl groups is 1. The largest absolute Gasteiger partial charge is 0.396 e. The molecule has 0 saturated heterocycles. The molecule has 1 N–H and O–H groups in total. The summed E-state index contributed by atoms with van der Waals surface area (Å²) in [6, 6.07) is 0. The van der Waals surface area contributed by atoms with E-state index in [0.717, 1.165) is 19.6 Å².